The van der Waals surface area contributed by atoms with Crippen molar-refractivity contribution >= 4 is 45.0 Å². The number of benzene rings is 2. The van der Waals surface area contributed by atoms with Gasteiger partial charge < -0.3 is 9.64 Å². The predicted molar refractivity (Wildman–Crippen MR) is 133 cm³/mol. The van der Waals surface area contributed by atoms with Crippen LogP contribution in [0.5, 0.6) is 5.75 Å². The first-order valence-electron chi connectivity index (χ1n) is 10.6. The minimum atomic E-state index is -0.0228. The van der Waals surface area contributed by atoms with Crippen LogP contribution in [0.4, 0.5) is 5.13 Å². The summed E-state index contributed by atoms with van der Waals surface area (Å²) in [6.45, 7) is 4.44. The Labute approximate surface area is 195 Å². The zero-order chi connectivity index (χ0) is 21.3. The molecule has 0 aliphatic heterocycles. The van der Waals surface area contributed by atoms with Crippen LogP contribution in [0.15, 0.2) is 48.5 Å². The Balaban J connectivity index is 0.00000341. The fourth-order valence-electron chi connectivity index (χ4n) is 3.20. The lowest BCUT2D eigenvalue weighted by Crippen LogP contribution is -2.33. The predicted octanol–water partition coefficient (Wildman–Crippen LogP) is 5.89. The number of fused-ring (bicyclic) bond motifs is 1. The van der Waals surface area contributed by atoms with Gasteiger partial charge in [-0.25, -0.2) is 4.98 Å². The summed E-state index contributed by atoms with van der Waals surface area (Å²) in [5, 5.41) is 0.750. The zero-order valence-corrected chi connectivity index (χ0v) is 20.2. The summed E-state index contributed by atoms with van der Waals surface area (Å²) in [4.78, 5) is 22.0. The quantitative estimate of drug-likeness (QED) is 0.334. The van der Waals surface area contributed by atoms with Crippen LogP contribution in [0.25, 0.3) is 10.2 Å². The zero-order valence-electron chi connectivity index (χ0n) is 18.5. The number of para-hydroxylation sites is 1. The topological polar surface area (TPSA) is 45.7 Å². The normalized spacial score (nSPS) is 10.8. The van der Waals surface area contributed by atoms with Gasteiger partial charge in [-0.2, -0.15) is 0 Å². The molecule has 0 atom stereocenters. The van der Waals surface area contributed by atoms with Gasteiger partial charge in [-0.05, 0) is 69.9 Å². The van der Waals surface area contributed by atoms with Crippen molar-refractivity contribution in [1.29, 1.82) is 0 Å². The van der Waals surface area contributed by atoms with Crippen molar-refractivity contribution in [2.24, 2.45) is 0 Å². The van der Waals surface area contributed by atoms with Crippen molar-refractivity contribution in [2.75, 3.05) is 38.7 Å². The molecule has 2 aromatic carbocycles. The molecule has 1 aromatic heterocycles. The van der Waals surface area contributed by atoms with E-state index in [4.69, 9.17) is 9.72 Å². The summed E-state index contributed by atoms with van der Waals surface area (Å²) in [6, 6.07) is 15.5. The molecule has 0 fully saturated rings. The summed E-state index contributed by atoms with van der Waals surface area (Å²) in [7, 11) is 4.09. The summed E-state index contributed by atoms with van der Waals surface area (Å²) in [5.41, 5.74) is 1.58. The number of aromatic nitrogens is 1. The molecule has 5 nitrogen and oxygen atoms in total. The number of unbranched alkanes of at least 4 members (excludes halogenated alkanes) is 2. The largest absolute Gasteiger partial charge is 0.494 e. The first-order chi connectivity index (χ1) is 14.6. The third-order valence-electron chi connectivity index (χ3n) is 4.86. The van der Waals surface area contributed by atoms with Crippen molar-refractivity contribution in [2.45, 2.75) is 32.6 Å². The molecule has 0 N–H and O–H groups in total. The van der Waals surface area contributed by atoms with E-state index < -0.39 is 0 Å². The molecule has 168 valence electrons. The standard InChI is InChI=1S/C24H31N3O2S.ClH/c1-4-5-8-18-29-20-14-12-19(13-15-20)23(28)27(17-9-16-26(2)3)24-25-21-10-6-7-11-22(21)30-24;/h6-7,10-15H,4-5,8-9,16-18H2,1-3H3;1H. The van der Waals surface area contributed by atoms with E-state index >= 15 is 0 Å². The monoisotopic (exact) mass is 461 g/mol. The van der Waals surface area contributed by atoms with Gasteiger partial charge in [0.25, 0.3) is 5.91 Å². The van der Waals surface area contributed by atoms with Crippen LogP contribution in [0.2, 0.25) is 0 Å². The second-order valence-corrected chi connectivity index (χ2v) is 8.67. The first kappa shape index (κ1) is 25.1. The van der Waals surface area contributed by atoms with Crippen LogP contribution in [0, 0.1) is 0 Å². The van der Waals surface area contributed by atoms with Crippen molar-refractivity contribution in [3.63, 3.8) is 0 Å². The molecule has 0 saturated heterocycles. The Hall–Kier alpha value is -2.15. The number of thiazole rings is 1. The van der Waals surface area contributed by atoms with Crippen molar-refractivity contribution in [3.8, 4) is 5.75 Å². The van der Waals surface area contributed by atoms with Crippen LogP contribution in [0.3, 0.4) is 0 Å². The molecule has 0 unspecified atom stereocenters. The van der Waals surface area contributed by atoms with Crippen LogP contribution < -0.4 is 9.64 Å². The fraction of sp³-hybridized carbons (Fsp3) is 0.417. The second kappa shape index (κ2) is 12.6. The van der Waals surface area contributed by atoms with Gasteiger partial charge in [0.2, 0.25) is 0 Å². The maximum absolute atomic E-state index is 13.3. The highest BCUT2D eigenvalue weighted by Gasteiger charge is 2.21. The maximum Gasteiger partial charge on any atom is 0.260 e. The van der Waals surface area contributed by atoms with E-state index in [1.807, 2.05) is 67.5 Å². The smallest absolute Gasteiger partial charge is 0.260 e. The molecule has 3 rings (SSSR count). The van der Waals surface area contributed by atoms with Gasteiger partial charge in [0.15, 0.2) is 5.13 Å². The second-order valence-electron chi connectivity index (χ2n) is 7.66. The van der Waals surface area contributed by atoms with Gasteiger partial charge in [-0.3, -0.25) is 9.69 Å². The van der Waals surface area contributed by atoms with Gasteiger partial charge in [0, 0.05) is 12.1 Å². The fourth-order valence-corrected chi connectivity index (χ4v) is 4.19. The molecule has 7 heteroatoms. The van der Waals surface area contributed by atoms with Gasteiger partial charge >= 0.3 is 0 Å². The molecular formula is C24H32ClN3O2S. The Morgan fingerprint density at radius 3 is 2.42 bits per heavy atom. The van der Waals surface area contributed by atoms with E-state index in [1.54, 1.807) is 11.3 Å². The molecule has 0 aliphatic rings. The molecular weight excluding hydrogens is 430 g/mol. The highest BCUT2D eigenvalue weighted by Crippen LogP contribution is 2.30. The van der Waals surface area contributed by atoms with Crippen molar-refractivity contribution in [1.82, 2.24) is 9.88 Å². The molecule has 1 heterocycles. The first-order valence-corrected chi connectivity index (χ1v) is 11.4. The summed E-state index contributed by atoms with van der Waals surface area (Å²) >= 11 is 1.56. The van der Waals surface area contributed by atoms with E-state index in [9.17, 15) is 4.79 Å². The number of hydrogen-bond acceptors (Lipinski definition) is 5. The number of hydrogen-bond donors (Lipinski definition) is 0. The number of amides is 1. The Morgan fingerprint density at radius 1 is 1.00 bits per heavy atom. The third kappa shape index (κ3) is 7.20. The lowest BCUT2D eigenvalue weighted by atomic mass is 10.2. The van der Waals surface area contributed by atoms with Crippen molar-refractivity contribution < 1.29 is 9.53 Å². The Kier molecular flexibility index (Phi) is 10.2. The number of halogens is 1. The van der Waals surface area contributed by atoms with Gasteiger partial charge in [-0.15, -0.1) is 12.4 Å². The number of carbonyl (C=O) groups is 1. The highest BCUT2D eigenvalue weighted by atomic mass is 35.5. The van der Waals surface area contributed by atoms with Gasteiger partial charge in [0.05, 0.1) is 16.8 Å². The molecule has 0 bridgehead atoms. The summed E-state index contributed by atoms with van der Waals surface area (Å²) in [5.74, 6) is 0.784. The molecule has 1 amide bonds. The van der Waals surface area contributed by atoms with E-state index in [0.717, 1.165) is 40.5 Å². The van der Waals surface area contributed by atoms with E-state index in [2.05, 4.69) is 11.8 Å². The van der Waals surface area contributed by atoms with Crippen LogP contribution in [0.1, 0.15) is 43.0 Å². The van der Waals surface area contributed by atoms with E-state index in [1.165, 1.54) is 12.8 Å². The molecule has 0 radical (unpaired) electrons. The lowest BCUT2D eigenvalue weighted by Gasteiger charge is -2.21. The Bertz CT molecular complexity index is 910. The average Bonchev–Trinajstić information content (AvgIpc) is 3.18. The lowest BCUT2D eigenvalue weighted by molar-refractivity contribution is 0.0986. The third-order valence-corrected chi connectivity index (χ3v) is 5.92. The summed E-state index contributed by atoms with van der Waals surface area (Å²) in [6.07, 6.45) is 4.27. The average molecular weight is 462 g/mol. The number of rotatable bonds is 11. The molecule has 0 saturated carbocycles. The minimum absolute atomic E-state index is 0. The van der Waals surface area contributed by atoms with Crippen LogP contribution in [-0.2, 0) is 0 Å². The summed E-state index contributed by atoms with van der Waals surface area (Å²) < 4.78 is 6.87. The number of anilines is 1. The number of ether oxygens (including phenoxy) is 1. The molecule has 0 spiro atoms. The molecule has 31 heavy (non-hydrogen) atoms. The van der Waals surface area contributed by atoms with Gasteiger partial charge in [-0.1, -0.05) is 43.2 Å². The van der Waals surface area contributed by atoms with E-state index in [0.29, 0.717) is 18.7 Å². The number of nitrogens with zero attached hydrogens (tertiary/aromatic N) is 3. The SMILES string of the molecule is CCCCCOc1ccc(C(=O)N(CCCN(C)C)c2nc3ccccc3s2)cc1.Cl. The number of carbonyl (C=O) groups excluding carboxylic acids is 1. The van der Waals surface area contributed by atoms with Crippen molar-refractivity contribution in [3.05, 3.63) is 54.1 Å². The minimum Gasteiger partial charge on any atom is -0.494 e. The van der Waals surface area contributed by atoms with Gasteiger partial charge in [0.1, 0.15) is 5.75 Å². The van der Waals surface area contributed by atoms with Crippen LogP contribution in [-0.4, -0.2) is 49.6 Å². The maximum atomic E-state index is 13.3. The Morgan fingerprint density at radius 2 is 1.74 bits per heavy atom. The van der Waals surface area contributed by atoms with Crippen LogP contribution >= 0.6 is 23.7 Å². The molecule has 0 aliphatic carbocycles. The highest BCUT2D eigenvalue weighted by molar-refractivity contribution is 7.22. The molecule has 3 aromatic rings. The van der Waals surface area contributed by atoms with E-state index in [-0.39, 0.29) is 18.3 Å².